The van der Waals surface area contributed by atoms with Crippen LogP contribution in [0.1, 0.15) is 56.2 Å². The molecular weight excluding hydrogens is 307 g/mol. The molecule has 1 aromatic rings. The Morgan fingerprint density at radius 2 is 2.04 bits per heavy atom. The molecule has 0 aliphatic carbocycles. The standard InChI is InChI=1S/C17H24F3NO2/c1-3-7-15(21-16(22)10-4-5-11-23-2)13-8-6-9-14(12-13)17(18,19)20/h6,8-9,12,15H,3-5,7,10-11H2,1-2H3,(H,21,22). The Kier molecular flexibility index (Phi) is 8.09. The molecule has 1 N–H and O–H groups in total. The molecule has 1 unspecified atom stereocenters. The predicted molar refractivity (Wildman–Crippen MR) is 83.0 cm³/mol. The van der Waals surface area contributed by atoms with Crippen molar-refractivity contribution in [3.63, 3.8) is 0 Å². The van der Waals surface area contributed by atoms with Crippen molar-refractivity contribution < 1.29 is 22.7 Å². The normalized spacial score (nSPS) is 12.9. The summed E-state index contributed by atoms with van der Waals surface area (Å²) in [5, 5.41) is 2.84. The molecule has 0 radical (unpaired) electrons. The second-order valence-corrected chi connectivity index (χ2v) is 5.48. The van der Waals surface area contributed by atoms with Crippen LogP contribution in [-0.2, 0) is 15.7 Å². The van der Waals surface area contributed by atoms with Crippen molar-refractivity contribution in [2.24, 2.45) is 0 Å². The molecule has 0 aromatic heterocycles. The molecule has 3 nitrogen and oxygen atoms in total. The van der Waals surface area contributed by atoms with E-state index in [-0.39, 0.29) is 5.91 Å². The lowest BCUT2D eigenvalue weighted by atomic mass is 9.99. The summed E-state index contributed by atoms with van der Waals surface area (Å²) in [4.78, 5) is 12.0. The van der Waals surface area contributed by atoms with E-state index in [2.05, 4.69) is 5.32 Å². The number of carbonyl (C=O) groups excluding carboxylic acids is 1. The molecule has 1 atom stereocenters. The number of unbranched alkanes of at least 4 members (excludes halogenated alkanes) is 1. The molecule has 0 bridgehead atoms. The minimum atomic E-state index is -4.38. The van der Waals surface area contributed by atoms with Crippen LogP contribution in [0.5, 0.6) is 0 Å². The molecule has 0 aliphatic heterocycles. The van der Waals surface area contributed by atoms with E-state index in [1.165, 1.54) is 6.07 Å². The van der Waals surface area contributed by atoms with Gasteiger partial charge in [-0.2, -0.15) is 13.2 Å². The van der Waals surface area contributed by atoms with Gasteiger partial charge in [0.1, 0.15) is 0 Å². The van der Waals surface area contributed by atoms with Gasteiger partial charge in [0.05, 0.1) is 11.6 Å². The van der Waals surface area contributed by atoms with Crippen molar-refractivity contribution in [3.8, 4) is 0 Å². The third kappa shape index (κ3) is 7.03. The van der Waals surface area contributed by atoms with E-state index in [9.17, 15) is 18.0 Å². The first-order valence-electron chi connectivity index (χ1n) is 7.84. The highest BCUT2D eigenvalue weighted by atomic mass is 19.4. The van der Waals surface area contributed by atoms with Crippen LogP contribution in [0, 0.1) is 0 Å². The molecule has 130 valence electrons. The van der Waals surface area contributed by atoms with Crippen LogP contribution in [0.15, 0.2) is 24.3 Å². The van der Waals surface area contributed by atoms with Crippen LogP contribution >= 0.6 is 0 Å². The van der Waals surface area contributed by atoms with Gasteiger partial charge in [-0.05, 0) is 37.0 Å². The topological polar surface area (TPSA) is 38.3 Å². The van der Waals surface area contributed by atoms with Gasteiger partial charge < -0.3 is 10.1 Å². The summed E-state index contributed by atoms with van der Waals surface area (Å²) in [6.07, 6.45) is -1.18. The largest absolute Gasteiger partial charge is 0.416 e. The van der Waals surface area contributed by atoms with E-state index in [1.54, 1.807) is 13.2 Å². The Balaban J connectivity index is 2.72. The van der Waals surface area contributed by atoms with Crippen LogP contribution in [0.2, 0.25) is 0 Å². The number of hydrogen-bond donors (Lipinski definition) is 1. The quantitative estimate of drug-likeness (QED) is 0.678. The summed E-state index contributed by atoms with van der Waals surface area (Å²) in [5.41, 5.74) is -0.197. The first-order chi connectivity index (χ1) is 10.9. The number of hydrogen-bond acceptors (Lipinski definition) is 2. The van der Waals surface area contributed by atoms with Crippen molar-refractivity contribution in [1.29, 1.82) is 0 Å². The highest BCUT2D eigenvalue weighted by Crippen LogP contribution is 2.31. The van der Waals surface area contributed by atoms with Crippen molar-refractivity contribution in [2.75, 3.05) is 13.7 Å². The van der Waals surface area contributed by atoms with Gasteiger partial charge in [0.2, 0.25) is 5.91 Å². The molecule has 0 spiro atoms. The van der Waals surface area contributed by atoms with Crippen LogP contribution < -0.4 is 5.32 Å². The van der Waals surface area contributed by atoms with E-state index >= 15 is 0 Å². The second-order valence-electron chi connectivity index (χ2n) is 5.48. The first kappa shape index (κ1) is 19.5. The fourth-order valence-electron chi connectivity index (χ4n) is 2.34. The summed E-state index contributed by atoms with van der Waals surface area (Å²) in [5.74, 6) is -0.142. The van der Waals surface area contributed by atoms with Crippen LogP contribution in [0.25, 0.3) is 0 Å². The number of halogens is 3. The predicted octanol–water partition coefficient (Wildman–Crippen LogP) is 4.48. The maximum atomic E-state index is 12.8. The number of amides is 1. The third-order valence-electron chi connectivity index (χ3n) is 3.53. The van der Waals surface area contributed by atoms with Crippen molar-refractivity contribution >= 4 is 5.91 Å². The van der Waals surface area contributed by atoms with Gasteiger partial charge in [0.25, 0.3) is 0 Å². The molecule has 1 aromatic carbocycles. The Morgan fingerprint density at radius 1 is 1.30 bits per heavy atom. The minimum absolute atomic E-state index is 0.142. The molecule has 0 saturated heterocycles. The van der Waals surface area contributed by atoms with Gasteiger partial charge in [-0.15, -0.1) is 0 Å². The summed E-state index contributed by atoms with van der Waals surface area (Å²) in [6.45, 7) is 2.53. The second kappa shape index (κ2) is 9.55. The fraction of sp³-hybridized carbons (Fsp3) is 0.588. The molecule has 0 aliphatic rings. The van der Waals surface area contributed by atoms with Crippen molar-refractivity contribution in [2.45, 2.75) is 51.2 Å². The number of rotatable bonds is 9. The number of nitrogens with one attached hydrogen (secondary N) is 1. The number of carbonyl (C=O) groups is 1. The Labute approximate surface area is 135 Å². The first-order valence-corrected chi connectivity index (χ1v) is 7.84. The third-order valence-corrected chi connectivity index (χ3v) is 3.53. The molecular formula is C17H24F3NO2. The average Bonchev–Trinajstić information content (AvgIpc) is 2.50. The average molecular weight is 331 g/mol. The number of alkyl halides is 3. The van der Waals surface area contributed by atoms with E-state index in [0.29, 0.717) is 31.4 Å². The lowest BCUT2D eigenvalue weighted by Gasteiger charge is -2.20. The Bertz CT molecular complexity index is 489. The van der Waals surface area contributed by atoms with E-state index in [4.69, 9.17) is 4.74 Å². The highest BCUT2D eigenvalue weighted by Gasteiger charge is 2.31. The number of benzene rings is 1. The number of ether oxygens (including phenoxy) is 1. The van der Waals surface area contributed by atoms with Gasteiger partial charge in [-0.25, -0.2) is 0 Å². The molecule has 6 heteroatoms. The molecule has 0 heterocycles. The lowest BCUT2D eigenvalue weighted by Crippen LogP contribution is -2.28. The molecule has 23 heavy (non-hydrogen) atoms. The van der Waals surface area contributed by atoms with Crippen LogP contribution in [0.3, 0.4) is 0 Å². The van der Waals surface area contributed by atoms with Crippen LogP contribution in [0.4, 0.5) is 13.2 Å². The maximum Gasteiger partial charge on any atom is 0.416 e. The summed E-state index contributed by atoms with van der Waals surface area (Å²) < 4.78 is 43.4. The smallest absolute Gasteiger partial charge is 0.385 e. The molecule has 1 amide bonds. The zero-order valence-corrected chi connectivity index (χ0v) is 13.6. The SMILES string of the molecule is CCCC(NC(=O)CCCCOC)c1cccc(C(F)(F)F)c1. The molecule has 0 fully saturated rings. The van der Waals surface area contributed by atoms with E-state index in [0.717, 1.165) is 25.0 Å². The zero-order chi connectivity index (χ0) is 17.3. The highest BCUT2D eigenvalue weighted by molar-refractivity contribution is 5.76. The minimum Gasteiger partial charge on any atom is -0.385 e. The van der Waals surface area contributed by atoms with Gasteiger partial charge in [0.15, 0.2) is 0 Å². The van der Waals surface area contributed by atoms with Gasteiger partial charge >= 0.3 is 6.18 Å². The van der Waals surface area contributed by atoms with E-state index in [1.807, 2.05) is 6.92 Å². The van der Waals surface area contributed by atoms with Gasteiger partial charge in [-0.1, -0.05) is 25.5 Å². The lowest BCUT2D eigenvalue weighted by molar-refractivity contribution is -0.137. The summed E-state index contributed by atoms with van der Waals surface area (Å²) in [6, 6.07) is 4.77. The maximum absolute atomic E-state index is 12.8. The fourth-order valence-corrected chi connectivity index (χ4v) is 2.34. The van der Waals surface area contributed by atoms with Crippen LogP contribution in [-0.4, -0.2) is 19.6 Å². The summed E-state index contributed by atoms with van der Waals surface area (Å²) in [7, 11) is 1.60. The van der Waals surface area contributed by atoms with Crippen molar-refractivity contribution in [3.05, 3.63) is 35.4 Å². The monoisotopic (exact) mass is 331 g/mol. The van der Waals surface area contributed by atoms with E-state index < -0.39 is 17.8 Å². The summed E-state index contributed by atoms with van der Waals surface area (Å²) >= 11 is 0. The zero-order valence-electron chi connectivity index (χ0n) is 13.6. The van der Waals surface area contributed by atoms with Gasteiger partial charge in [0, 0.05) is 20.1 Å². The van der Waals surface area contributed by atoms with Crippen molar-refractivity contribution in [1.82, 2.24) is 5.32 Å². The Hall–Kier alpha value is -1.56. The number of methoxy groups -OCH3 is 1. The van der Waals surface area contributed by atoms with Gasteiger partial charge in [-0.3, -0.25) is 4.79 Å². The Morgan fingerprint density at radius 3 is 2.65 bits per heavy atom. The molecule has 0 saturated carbocycles. The molecule has 1 rings (SSSR count).